The van der Waals surface area contributed by atoms with E-state index < -0.39 is 0 Å². The van der Waals surface area contributed by atoms with Crippen LogP contribution in [0.25, 0.3) is 28.2 Å². The highest BCUT2D eigenvalue weighted by Crippen LogP contribution is 2.46. The zero-order valence-corrected chi connectivity index (χ0v) is 25.9. The molecule has 0 bridgehead atoms. The summed E-state index contributed by atoms with van der Waals surface area (Å²) in [5.74, 6) is 0.472. The lowest BCUT2D eigenvalue weighted by molar-refractivity contribution is -0.134. The number of morpholine rings is 2. The minimum absolute atomic E-state index is 0.0246. The Kier molecular flexibility index (Phi) is 8.56. The Morgan fingerprint density at radius 3 is 2.61 bits per heavy atom. The molecule has 3 fully saturated rings. The van der Waals surface area contributed by atoms with E-state index in [9.17, 15) is 9.59 Å². The van der Waals surface area contributed by atoms with Gasteiger partial charge < -0.3 is 24.3 Å². The van der Waals surface area contributed by atoms with Crippen LogP contribution in [-0.4, -0.2) is 91.4 Å². The topological polar surface area (TPSA) is 76.0 Å². The van der Waals surface area contributed by atoms with Crippen LogP contribution in [0.5, 0.6) is 0 Å². The summed E-state index contributed by atoms with van der Waals surface area (Å²) < 4.78 is 13.5. The second kappa shape index (κ2) is 12.9. The third kappa shape index (κ3) is 5.83. The van der Waals surface area contributed by atoms with Gasteiger partial charge in [-0.15, -0.1) is 0 Å². The molecular weight excluding hydrogens is 552 g/mol. The molecule has 8 heteroatoms. The van der Waals surface area contributed by atoms with Gasteiger partial charge in [-0.1, -0.05) is 49.6 Å². The number of amides is 2. The Hall–Kier alpha value is -3.46. The summed E-state index contributed by atoms with van der Waals surface area (Å²) >= 11 is 0. The second-order valence-electron chi connectivity index (χ2n) is 12.8. The SMILES string of the molecule is C[C@H]1CN(C(=O)C2=Cc3ccccc3-c3c(C4CCCCC4)c4ccc(C(=O)NCCN5CCOCC5)cc4n3C2)CCO1. The van der Waals surface area contributed by atoms with Gasteiger partial charge in [-0.2, -0.15) is 0 Å². The summed E-state index contributed by atoms with van der Waals surface area (Å²) in [5.41, 5.74) is 7.31. The van der Waals surface area contributed by atoms with Crippen molar-refractivity contribution in [2.75, 3.05) is 59.1 Å². The predicted octanol–water partition coefficient (Wildman–Crippen LogP) is 5.06. The Balaban J connectivity index is 1.28. The first-order valence-corrected chi connectivity index (χ1v) is 16.5. The average Bonchev–Trinajstić information content (AvgIpc) is 3.27. The molecule has 3 aliphatic heterocycles. The van der Waals surface area contributed by atoms with E-state index >= 15 is 0 Å². The number of hydrogen-bond donors (Lipinski definition) is 1. The molecule has 2 amide bonds. The van der Waals surface area contributed by atoms with Gasteiger partial charge in [-0.25, -0.2) is 0 Å². The lowest BCUT2D eigenvalue weighted by atomic mass is 9.81. The van der Waals surface area contributed by atoms with Crippen molar-refractivity contribution in [3.05, 3.63) is 64.7 Å². The molecule has 1 aromatic heterocycles. The Morgan fingerprint density at radius 1 is 0.977 bits per heavy atom. The van der Waals surface area contributed by atoms with Gasteiger partial charge in [0.1, 0.15) is 0 Å². The molecule has 2 aromatic carbocycles. The predicted molar refractivity (Wildman–Crippen MR) is 173 cm³/mol. The van der Waals surface area contributed by atoms with Crippen molar-refractivity contribution in [2.24, 2.45) is 0 Å². The van der Waals surface area contributed by atoms with Gasteiger partial charge in [0.05, 0.1) is 38.2 Å². The van der Waals surface area contributed by atoms with E-state index in [-0.39, 0.29) is 17.9 Å². The minimum atomic E-state index is -0.0573. The molecule has 1 saturated carbocycles. The van der Waals surface area contributed by atoms with Crippen molar-refractivity contribution >= 4 is 28.8 Å². The highest BCUT2D eigenvalue weighted by atomic mass is 16.5. The molecule has 8 nitrogen and oxygen atoms in total. The van der Waals surface area contributed by atoms with Gasteiger partial charge in [0.15, 0.2) is 0 Å². The Labute approximate surface area is 260 Å². The zero-order chi connectivity index (χ0) is 30.0. The maximum absolute atomic E-state index is 14.1. The number of ether oxygens (including phenoxy) is 2. The molecule has 4 aliphatic rings. The summed E-state index contributed by atoms with van der Waals surface area (Å²) in [6.07, 6.45) is 8.22. The van der Waals surface area contributed by atoms with Gasteiger partial charge in [0.2, 0.25) is 0 Å². The number of carbonyl (C=O) groups excluding carboxylic acids is 2. The summed E-state index contributed by atoms with van der Waals surface area (Å²) in [5, 5.41) is 4.36. The van der Waals surface area contributed by atoms with E-state index in [1.54, 1.807) is 0 Å². The lowest BCUT2D eigenvalue weighted by Crippen LogP contribution is -2.45. The molecule has 0 radical (unpaired) electrons. The van der Waals surface area contributed by atoms with E-state index in [1.807, 2.05) is 17.9 Å². The molecule has 0 unspecified atom stereocenters. The van der Waals surface area contributed by atoms with Crippen LogP contribution in [0.2, 0.25) is 0 Å². The monoisotopic (exact) mass is 596 g/mol. The molecule has 7 rings (SSSR count). The number of carbonyl (C=O) groups is 2. The molecule has 1 N–H and O–H groups in total. The van der Waals surface area contributed by atoms with E-state index in [0.717, 1.165) is 49.5 Å². The molecule has 4 heterocycles. The van der Waals surface area contributed by atoms with E-state index in [1.165, 1.54) is 54.3 Å². The van der Waals surface area contributed by atoms with Gasteiger partial charge >= 0.3 is 0 Å². The van der Waals surface area contributed by atoms with Crippen molar-refractivity contribution in [2.45, 2.75) is 57.6 Å². The number of fused-ring (bicyclic) bond motifs is 5. The second-order valence-corrected chi connectivity index (χ2v) is 12.8. The van der Waals surface area contributed by atoms with Gasteiger partial charge in [-0.3, -0.25) is 14.5 Å². The summed E-state index contributed by atoms with van der Waals surface area (Å²) in [6, 6.07) is 14.7. The normalized spacial score (nSPS) is 21.3. The Bertz CT molecular complexity index is 1560. The molecule has 1 aliphatic carbocycles. The van der Waals surface area contributed by atoms with Crippen LogP contribution >= 0.6 is 0 Å². The van der Waals surface area contributed by atoms with Crippen molar-refractivity contribution in [3.8, 4) is 11.3 Å². The number of benzene rings is 2. The number of hydrogen-bond acceptors (Lipinski definition) is 5. The standard InChI is InChI=1S/C36H44N4O4/c1-25-23-39(17-20-44-25)36(42)29-21-27-9-5-6-10-30(27)34-33(26-7-3-2-4-8-26)31-12-11-28(22-32(31)40(34)24-29)35(41)37-13-14-38-15-18-43-19-16-38/h5-6,9-12,21-22,25-26H,2-4,7-8,13-20,23-24H2,1H3,(H,37,41)/t25-/m0/s1. The van der Waals surface area contributed by atoms with Crippen LogP contribution in [0.3, 0.4) is 0 Å². The fourth-order valence-electron chi connectivity index (χ4n) is 7.61. The van der Waals surface area contributed by atoms with Gasteiger partial charge in [0.25, 0.3) is 11.8 Å². The highest BCUT2D eigenvalue weighted by molar-refractivity contribution is 6.04. The smallest absolute Gasteiger partial charge is 0.251 e. The number of rotatable bonds is 6. The fourth-order valence-corrected chi connectivity index (χ4v) is 7.61. The maximum atomic E-state index is 14.1. The van der Waals surface area contributed by atoms with Crippen molar-refractivity contribution < 1.29 is 19.1 Å². The summed E-state index contributed by atoms with van der Waals surface area (Å²) in [4.78, 5) is 31.8. The highest BCUT2D eigenvalue weighted by Gasteiger charge is 2.32. The van der Waals surface area contributed by atoms with Crippen molar-refractivity contribution in [3.63, 3.8) is 0 Å². The van der Waals surface area contributed by atoms with Crippen LogP contribution in [-0.2, 0) is 20.8 Å². The molecule has 2 saturated heterocycles. The van der Waals surface area contributed by atoms with Crippen molar-refractivity contribution in [1.29, 1.82) is 0 Å². The van der Waals surface area contributed by atoms with Crippen LogP contribution in [0, 0.1) is 0 Å². The quantitative estimate of drug-likeness (QED) is 0.431. The summed E-state index contributed by atoms with van der Waals surface area (Å²) in [6.45, 7) is 8.98. The van der Waals surface area contributed by atoms with Crippen LogP contribution in [0.4, 0.5) is 0 Å². The van der Waals surface area contributed by atoms with E-state index in [2.05, 4.69) is 57.3 Å². The Morgan fingerprint density at radius 2 is 1.80 bits per heavy atom. The van der Waals surface area contributed by atoms with Crippen LogP contribution < -0.4 is 5.32 Å². The first-order valence-electron chi connectivity index (χ1n) is 16.5. The molecular formula is C36H44N4O4. The first kappa shape index (κ1) is 29.3. The third-order valence-electron chi connectivity index (χ3n) is 9.87. The molecule has 3 aromatic rings. The molecule has 44 heavy (non-hydrogen) atoms. The lowest BCUT2D eigenvalue weighted by Gasteiger charge is -2.32. The maximum Gasteiger partial charge on any atom is 0.251 e. The van der Waals surface area contributed by atoms with E-state index in [4.69, 9.17) is 9.47 Å². The molecule has 1 atom stereocenters. The summed E-state index contributed by atoms with van der Waals surface area (Å²) in [7, 11) is 0. The number of aromatic nitrogens is 1. The zero-order valence-electron chi connectivity index (χ0n) is 25.9. The number of nitrogens with zero attached hydrogens (tertiary/aromatic N) is 3. The van der Waals surface area contributed by atoms with E-state index in [0.29, 0.717) is 44.3 Å². The van der Waals surface area contributed by atoms with Crippen LogP contribution in [0.15, 0.2) is 48.0 Å². The average molecular weight is 597 g/mol. The first-order chi connectivity index (χ1) is 21.6. The third-order valence-corrected chi connectivity index (χ3v) is 9.87. The minimum Gasteiger partial charge on any atom is -0.379 e. The van der Waals surface area contributed by atoms with Crippen molar-refractivity contribution in [1.82, 2.24) is 19.7 Å². The number of nitrogens with one attached hydrogen (secondary N) is 1. The fraction of sp³-hybridized carbons (Fsp3) is 0.500. The molecule has 232 valence electrons. The molecule has 0 spiro atoms. The largest absolute Gasteiger partial charge is 0.379 e. The van der Waals surface area contributed by atoms with Gasteiger partial charge in [0, 0.05) is 66.9 Å². The van der Waals surface area contributed by atoms with Gasteiger partial charge in [-0.05, 0) is 55.0 Å². The van der Waals surface area contributed by atoms with Crippen LogP contribution in [0.1, 0.15) is 66.4 Å².